The van der Waals surface area contributed by atoms with Gasteiger partial charge in [-0.1, -0.05) is 0 Å². The van der Waals surface area contributed by atoms with Crippen LogP contribution in [0.15, 0.2) is 0 Å². The number of carbonyl (C=O) groups is 5. The molecule has 0 saturated carbocycles. The minimum Gasteiger partial charge on any atom is -0.451 e. The molecule has 2 N–H and O–H groups in total. The van der Waals surface area contributed by atoms with Gasteiger partial charge < -0.3 is 14.9 Å². The lowest BCUT2D eigenvalue weighted by molar-refractivity contribution is -0.196. The fourth-order valence-electron chi connectivity index (χ4n) is 1.01. The normalized spacial score (nSPS) is 16.2. The molecule has 0 aromatic rings. The summed E-state index contributed by atoms with van der Waals surface area (Å²) in [5.74, 6) is -1.05. The van der Waals surface area contributed by atoms with Crippen LogP contribution in [0.3, 0.4) is 0 Å². The highest BCUT2D eigenvalue weighted by molar-refractivity contribution is 5.97. The summed E-state index contributed by atoms with van der Waals surface area (Å²) in [7, 11) is 0. The molecule has 0 bridgehead atoms. The maximum absolute atomic E-state index is 10.7. The standard InChI is InChI=1S/C9H10O8/c1-6(14)17-7(2-10)9(16,5-13)8(15,3-11)4-12/h2-5,7,15-16H,1H3. The molecule has 0 amide bonds. The third-order valence-electron chi connectivity index (χ3n) is 2.03. The molecule has 0 fully saturated rings. The molecule has 0 heterocycles. The molecule has 94 valence electrons. The summed E-state index contributed by atoms with van der Waals surface area (Å²) in [6.45, 7) is 0.864. The van der Waals surface area contributed by atoms with Gasteiger partial charge in [0.25, 0.3) is 0 Å². The molecule has 0 aliphatic heterocycles. The summed E-state index contributed by atoms with van der Waals surface area (Å²) >= 11 is 0. The summed E-state index contributed by atoms with van der Waals surface area (Å²) in [4.78, 5) is 52.9. The Morgan fingerprint density at radius 1 is 1.12 bits per heavy atom. The smallest absolute Gasteiger partial charge is 0.303 e. The predicted molar refractivity (Wildman–Crippen MR) is 49.7 cm³/mol. The molecule has 0 saturated heterocycles. The van der Waals surface area contributed by atoms with Gasteiger partial charge in [0.15, 0.2) is 31.2 Å². The minimum atomic E-state index is -3.18. The molecule has 0 aromatic heterocycles. The molecule has 17 heavy (non-hydrogen) atoms. The number of carbonyl (C=O) groups excluding carboxylic acids is 5. The molecule has 2 atom stereocenters. The van der Waals surface area contributed by atoms with E-state index in [2.05, 4.69) is 4.74 Å². The quantitative estimate of drug-likeness (QED) is 0.279. The van der Waals surface area contributed by atoms with Crippen LogP contribution >= 0.6 is 0 Å². The molecular formula is C9H10O8. The van der Waals surface area contributed by atoms with Crippen molar-refractivity contribution in [3.05, 3.63) is 0 Å². The van der Waals surface area contributed by atoms with E-state index in [1.165, 1.54) is 0 Å². The van der Waals surface area contributed by atoms with E-state index in [0.29, 0.717) is 0 Å². The van der Waals surface area contributed by atoms with Crippen molar-refractivity contribution in [2.45, 2.75) is 24.2 Å². The van der Waals surface area contributed by atoms with Crippen molar-refractivity contribution in [1.82, 2.24) is 0 Å². The molecule has 0 aliphatic carbocycles. The fraction of sp³-hybridized carbons (Fsp3) is 0.444. The van der Waals surface area contributed by atoms with E-state index >= 15 is 0 Å². The van der Waals surface area contributed by atoms with Gasteiger partial charge in [-0.25, -0.2) is 0 Å². The second kappa shape index (κ2) is 5.41. The Morgan fingerprint density at radius 2 is 1.59 bits per heavy atom. The van der Waals surface area contributed by atoms with E-state index in [9.17, 15) is 34.2 Å². The van der Waals surface area contributed by atoms with Gasteiger partial charge in [-0.15, -0.1) is 0 Å². The number of hydrogen-bond donors (Lipinski definition) is 2. The van der Waals surface area contributed by atoms with Crippen molar-refractivity contribution in [3.63, 3.8) is 0 Å². The van der Waals surface area contributed by atoms with Crippen LogP contribution in [-0.2, 0) is 28.7 Å². The number of ether oxygens (including phenoxy) is 1. The third-order valence-corrected chi connectivity index (χ3v) is 2.03. The molecular weight excluding hydrogens is 236 g/mol. The highest BCUT2D eigenvalue weighted by atomic mass is 16.6. The number of esters is 1. The summed E-state index contributed by atoms with van der Waals surface area (Å²) in [5, 5.41) is 19.1. The number of aliphatic hydroxyl groups is 2. The van der Waals surface area contributed by atoms with Gasteiger partial charge in [0.05, 0.1) is 0 Å². The molecule has 0 aliphatic rings. The van der Waals surface area contributed by atoms with Gasteiger partial charge in [0, 0.05) is 6.92 Å². The van der Waals surface area contributed by atoms with E-state index in [4.69, 9.17) is 0 Å². The van der Waals surface area contributed by atoms with Crippen molar-refractivity contribution < 1.29 is 38.9 Å². The SMILES string of the molecule is CC(=O)OC(C=O)C(O)(C=O)C(O)(C=O)C=O. The van der Waals surface area contributed by atoms with Crippen molar-refractivity contribution in [2.24, 2.45) is 0 Å². The van der Waals surface area contributed by atoms with Gasteiger partial charge in [-0.05, 0) is 0 Å². The Bertz CT molecular complexity index is 341. The Morgan fingerprint density at radius 3 is 1.82 bits per heavy atom. The second-order valence-electron chi connectivity index (χ2n) is 3.17. The zero-order chi connectivity index (χ0) is 13.7. The van der Waals surface area contributed by atoms with Gasteiger partial charge in [-0.3, -0.25) is 24.0 Å². The summed E-state index contributed by atoms with van der Waals surface area (Å²) in [6, 6.07) is 0. The van der Waals surface area contributed by atoms with Crippen LogP contribution < -0.4 is 0 Å². The van der Waals surface area contributed by atoms with Gasteiger partial charge in [-0.2, -0.15) is 0 Å². The molecule has 0 aromatic carbocycles. The Hall–Kier alpha value is -1.93. The van der Waals surface area contributed by atoms with E-state index in [1.807, 2.05) is 0 Å². The highest BCUT2D eigenvalue weighted by Gasteiger charge is 2.57. The Labute approximate surface area is 95.2 Å². The van der Waals surface area contributed by atoms with E-state index in [-0.39, 0.29) is 6.29 Å². The first kappa shape index (κ1) is 15.1. The summed E-state index contributed by atoms with van der Waals surface area (Å²) in [6.07, 6.45) is -3.66. The van der Waals surface area contributed by atoms with Crippen LogP contribution in [0.1, 0.15) is 6.92 Å². The minimum absolute atomic E-state index is 0.187. The first-order valence-corrected chi connectivity index (χ1v) is 4.27. The Balaban J connectivity index is 5.58. The lowest BCUT2D eigenvalue weighted by Crippen LogP contribution is -2.65. The highest BCUT2D eigenvalue weighted by Crippen LogP contribution is 2.22. The monoisotopic (exact) mass is 246 g/mol. The molecule has 2 unspecified atom stereocenters. The summed E-state index contributed by atoms with van der Waals surface area (Å²) < 4.78 is 4.24. The van der Waals surface area contributed by atoms with E-state index in [1.54, 1.807) is 0 Å². The number of rotatable bonds is 7. The molecule has 8 heteroatoms. The van der Waals surface area contributed by atoms with Crippen molar-refractivity contribution in [1.29, 1.82) is 0 Å². The van der Waals surface area contributed by atoms with Gasteiger partial charge >= 0.3 is 5.97 Å². The zero-order valence-corrected chi connectivity index (χ0v) is 8.73. The molecule has 0 radical (unpaired) electrons. The van der Waals surface area contributed by atoms with Crippen molar-refractivity contribution in [3.8, 4) is 0 Å². The van der Waals surface area contributed by atoms with Crippen LogP contribution in [0.25, 0.3) is 0 Å². The number of hydrogen-bond acceptors (Lipinski definition) is 8. The van der Waals surface area contributed by atoms with Crippen LogP contribution in [-0.4, -0.2) is 58.6 Å². The fourth-order valence-corrected chi connectivity index (χ4v) is 1.01. The molecule has 0 spiro atoms. The largest absolute Gasteiger partial charge is 0.451 e. The van der Waals surface area contributed by atoms with Gasteiger partial charge in [0.2, 0.25) is 11.2 Å². The van der Waals surface area contributed by atoms with Gasteiger partial charge in [0.1, 0.15) is 0 Å². The second-order valence-corrected chi connectivity index (χ2v) is 3.17. The first-order valence-electron chi connectivity index (χ1n) is 4.27. The van der Waals surface area contributed by atoms with E-state index in [0.717, 1.165) is 6.92 Å². The third kappa shape index (κ3) is 2.60. The zero-order valence-electron chi connectivity index (χ0n) is 8.73. The lowest BCUT2D eigenvalue weighted by atomic mass is 9.81. The first-order chi connectivity index (χ1) is 7.81. The predicted octanol–water partition coefficient (Wildman–Crippen LogP) is -2.82. The Kier molecular flexibility index (Phi) is 4.80. The molecule has 0 rings (SSSR count). The summed E-state index contributed by atoms with van der Waals surface area (Å²) in [5.41, 5.74) is -6.36. The molecule has 8 nitrogen and oxygen atoms in total. The van der Waals surface area contributed by atoms with Crippen molar-refractivity contribution in [2.75, 3.05) is 0 Å². The average molecular weight is 246 g/mol. The average Bonchev–Trinajstić information content (AvgIpc) is 2.33. The van der Waals surface area contributed by atoms with Crippen LogP contribution in [0.5, 0.6) is 0 Å². The van der Waals surface area contributed by atoms with Crippen LogP contribution in [0.4, 0.5) is 0 Å². The maximum Gasteiger partial charge on any atom is 0.303 e. The maximum atomic E-state index is 10.7. The lowest BCUT2D eigenvalue weighted by Gasteiger charge is -2.34. The van der Waals surface area contributed by atoms with Crippen molar-refractivity contribution >= 4 is 31.1 Å². The topological polar surface area (TPSA) is 135 Å². The van der Waals surface area contributed by atoms with Crippen LogP contribution in [0.2, 0.25) is 0 Å². The van der Waals surface area contributed by atoms with Crippen LogP contribution in [0, 0.1) is 0 Å². The number of aldehydes is 4. The van der Waals surface area contributed by atoms with E-state index < -0.39 is 42.1 Å².